The van der Waals surface area contributed by atoms with Crippen LogP contribution in [-0.4, -0.2) is 11.5 Å². The second-order valence-electron chi connectivity index (χ2n) is 4.37. The summed E-state index contributed by atoms with van der Waals surface area (Å²) in [5, 5.41) is 18.2. The minimum absolute atomic E-state index is 0.224. The zero-order valence-corrected chi connectivity index (χ0v) is 15.4. The van der Waals surface area contributed by atoms with Crippen LogP contribution in [0.15, 0.2) is 8.47 Å². The van der Waals surface area contributed by atoms with Crippen molar-refractivity contribution in [3.63, 3.8) is 0 Å². The average Bonchev–Trinajstić information content (AvgIpc) is 3.04. The Hall–Kier alpha value is -0.440. The SMILES string of the molecule is Cc1c(C)c(=C2SC3=C(SCCS3)S2)sc1=C(C#N)C#N. The lowest BCUT2D eigenvalue weighted by atomic mass is 10.2. The maximum absolute atomic E-state index is 9.10. The first-order valence-corrected chi connectivity index (χ1v) is 10.6. The van der Waals surface area contributed by atoms with Crippen LogP contribution in [0.1, 0.15) is 11.1 Å². The van der Waals surface area contributed by atoms with Gasteiger partial charge in [-0.15, -0.1) is 34.9 Å². The Bertz CT molecular complexity index is 812. The van der Waals surface area contributed by atoms with Crippen LogP contribution in [0.5, 0.6) is 0 Å². The molecule has 2 aliphatic rings. The Morgan fingerprint density at radius 1 is 0.905 bits per heavy atom. The molecule has 3 rings (SSSR count). The van der Waals surface area contributed by atoms with Gasteiger partial charge < -0.3 is 0 Å². The molecule has 21 heavy (non-hydrogen) atoms. The number of thiophene rings is 1. The van der Waals surface area contributed by atoms with Crippen LogP contribution in [0.25, 0.3) is 9.81 Å². The van der Waals surface area contributed by atoms with Gasteiger partial charge in [0.2, 0.25) is 0 Å². The van der Waals surface area contributed by atoms with Crippen LogP contribution in [0.4, 0.5) is 0 Å². The molecule has 3 heterocycles. The Balaban J connectivity index is 2.17. The van der Waals surface area contributed by atoms with Gasteiger partial charge in [-0.05, 0) is 25.0 Å². The van der Waals surface area contributed by atoms with Crippen molar-refractivity contribution in [2.45, 2.75) is 13.8 Å². The van der Waals surface area contributed by atoms with Crippen molar-refractivity contribution >= 4 is 68.2 Å². The van der Waals surface area contributed by atoms with E-state index in [0.29, 0.717) is 0 Å². The first-order chi connectivity index (χ1) is 10.2. The highest BCUT2D eigenvalue weighted by atomic mass is 32.3. The Morgan fingerprint density at radius 2 is 1.48 bits per heavy atom. The zero-order valence-electron chi connectivity index (χ0n) is 11.3. The summed E-state index contributed by atoms with van der Waals surface area (Å²) in [6.07, 6.45) is 0. The molecule has 7 heteroatoms. The molecule has 2 nitrogen and oxygen atoms in total. The van der Waals surface area contributed by atoms with Gasteiger partial charge in [-0.2, -0.15) is 10.5 Å². The summed E-state index contributed by atoms with van der Waals surface area (Å²) in [5.41, 5.74) is 2.48. The van der Waals surface area contributed by atoms with E-state index < -0.39 is 0 Å². The highest BCUT2D eigenvalue weighted by Gasteiger charge is 2.26. The third kappa shape index (κ3) is 2.78. The fraction of sp³-hybridized carbons (Fsp3) is 0.286. The van der Waals surface area contributed by atoms with Crippen molar-refractivity contribution in [3.05, 3.63) is 28.7 Å². The quantitative estimate of drug-likeness (QED) is 0.697. The summed E-state index contributed by atoms with van der Waals surface area (Å²) >= 11 is 9.15. The molecule has 0 amide bonds. The largest absolute Gasteiger partial charge is 0.192 e. The molecular weight excluding hydrogens is 357 g/mol. The van der Waals surface area contributed by atoms with Gasteiger partial charge in [-0.1, -0.05) is 23.5 Å². The Morgan fingerprint density at radius 3 is 2.00 bits per heavy atom. The maximum Gasteiger partial charge on any atom is 0.147 e. The van der Waals surface area contributed by atoms with Crippen LogP contribution in [-0.2, 0) is 0 Å². The lowest BCUT2D eigenvalue weighted by Crippen LogP contribution is -2.01. The monoisotopic (exact) mass is 366 g/mol. The molecule has 2 aliphatic heterocycles. The first kappa shape index (κ1) is 15.5. The number of nitriles is 2. The minimum Gasteiger partial charge on any atom is -0.192 e. The molecule has 0 N–H and O–H groups in total. The third-order valence-corrected chi connectivity index (χ3v) is 10.6. The minimum atomic E-state index is 0.224. The van der Waals surface area contributed by atoms with E-state index in [1.807, 2.05) is 66.1 Å². The molecule has 0 aliphatic carbocycles. The summed E-state index contributed by atoms with van der Waals surface area (Å²) < 4.78 is 6.18. The summed E-state index contributed by atoms with van der Waals surface area (Å²) in [4.78, 5) is 0. The number of hydrogen-bond acceptors (Lipinski definition) is 7. The normalized spacial score (nSPS) is 17.4. The topological polar surface area (TPSA) is 47.6 Å². The summed E-state index contributed by atoms with van der Waals surface area (Å²) in [7, 11) is 0. The van der Waals surface area contributed by atoms with Gasteiger partial charge in [0.05, 0.1) is 21.8 Å². The van der Waals surface area contributed by atoms with E-state index >= 15 is 0 Å². The molecular formula is C14H10N2S5. The van der Waals surface area contributed by atoms with Crippen molar-refractivity contribution in [1.82, 2.24) is 0 Å². The van der Waals surface area contributed by atoms with Crippen molar-refractivity contribution in [3.8, 4) is 12.1 Å². The van der Waals surface area contributed by atoms with E-state index in [-0.39, 0.29) is 5.57 Å². The molecule has 1 aromatic rings. The van der Waals surface area contributed by atoms with Crippen LogP contribution in [0.2, 0.25) is 0 Å². The van der Waals surface area contributed by atoms with Crippen LogP contribution < -0.4 is 9.06 Å². The van der Waals surface area contributed by atoms with Crippen molar-refractivity contribution < 1.29 is 0 Å². The van der Waals surface area contributed by atoms with Gasteiger partial charge in [-0.25, -0.2) is 0 Å². The van der Waals surface area contributed by atoms with Crippen LogP contribution in [0.3, 0.4) is 0 Å². The molecule has 0 spiro atoms. The fourth-order valence-electron chi connectivity index (χ4n) is 1.97. The predicted octanol–water partition coefficient (Wildman–Crippen LogP) is 3.72. The molecule has 106 valence electrons. The standard InChI is InChI=1S/C14H10N2S5/c1-7-8(2)11(19-10(7)9(5-15)6-16)12-20-13-14(21-12)18-4-3-17-13/h3-4H2,1-2H3. The van der Waals surface area contributed by atoms with E-state index in [9.17, 15) is 0 Å². The number of thioether (sulfide) groups is 4. The van der Waals surface area contributed by atoms with Crippen molar-refractivity contribution in [1.29, 1.82) is 10.5 Å². The first-order valence-electron chi connectivity index (χ1n) is 6.16. The molecule has 1 aromatic heterocycles. The number of hydrogen-bond donors (Lipinski definition) is 0. The molecule has 0 aromatic carbocycles. The van der Waals surface area contributed by atoms with Crippen LogP contribution >= 0.6 is 58.4 Å². The summed E-state index contributed by atoms with van der Waals surface area (Å²) in [6.45, 7) is 4.09. The zero-order chi connectivity index (χ0) is 15.0. The highest BCUT2D eigenvalue weighted by Crippen LogP contribution is 2.59. The van der Waals surface area contributed by atoms with E-state index in [2.05, 4.69) is 6.92 Å². The lowest BCUT2D eigenvalue weighted by Gasteiger charge is -2.08. The third-order valence-electron chi connectivity index (χ3n) is 3.17. The van der Waals surface area contributed by atoms with Crippen LogP contribution in [0, 0.1) is 36.5 Å². The molecule has 0 fully saturated rings. The van der Waals surface area contributed by atoms with Gasteiger partial charge in [0, 0.05) is 11.5 Å². The Kier molecular flexibility index (Phi) is 4.68. The van der Waals surface area contributed by atoms with Crippen molar-refractivity contribution in [2.75, 3.05) is 11.5 Å². The van der Waals surface area contributed by atoms with Crippen molar-refractivity contribution in [2.24, 2.45) is 0 Å². The second kappa shape index (κ2) is 6.36. The highest BCUT2D eigenvalue weighted by molar-refractivity contribution is 8.46. The molecule has 0 saturated heterocycles. The molecule has 0 radical (unpaired) electrons. The predicted molar refractivity (Wildman–Crippen MR) is 98.2 cm³/mol. The summed E-state index contributed by atoms with van der Waals surface area (Å²) in [6, 6.07) is 4.03. The molecule has 0 bridgehead atoms. The Labute approximate surface area is 144 Å². The number of rotatable bonds is 0. The van der Waals surface area contributed by atoms with Gasteiger partial charge in [0.15, 0.2) is 0 Å². The molecule has 0 saturated carbocycles. The molecule has 0 atom stereocenters. The smallest absolute Gasteiger partial charge is 0.147 e. The summed E-state index contributed by atoms with van der Waals surface area (Å²) in [5.74, 6) is 2.36. The van der Waals surface area contributed by atoms with Gasteiger partial charge in [0.1, 0.15) is 17.7 Å². The number of nitrogens with zero attached hydrogens (tertiary/aromatic N) is 2. The van der Waals surface area contributed by atoms with E-state index in [1.54, 1.807) is 11.3 Å². The van der Waals surface area contributed by atoms with E-state index in [0.717, 1.165) is 10.1 Å². The van der Waals surface area contributed by atoms with E-state index in [1.165, 1.54) is 34.3 Å². The van der Waals surface area contributed by atoms with E-state index in [4.69, 9.17) is 10.5 Å². The lowest BCUT2D eigenvalue weighted by molar-refractivity contribution is 1.36. The second-order valence-corrected chi connectivity index (χ2v) is 10.4. The van der Waals surface area contributed by atoms with Gasteiger partial charge >= 0.3 is 0 Å². The van der Waals surface area contributed by atoms with Gasteiger partial charge in [-0.3, -0.25) is 0 Å². The fourth-order valence-corrected chi connectivity index (χ4v) is 9.49. The molecule has 0 unspecified atom stereocenters. The maximum atomic E-state index is 9.10. The average molecular weight is 367 g/mol. The van der Waals surface area contributed by atoms with Gasteiger partial charge in [0.25, 0.3) is 0 Å².